The molecular weight excluding hydrogens is 368 g/mol. The summed E-state index contributed by atoms with van der Waals surface area (Å²) in [4.78, 5) is 16.1. The Bertz CT molecular complexity index is 1320. The van der Waals surface area contributed by atoms with Gasteiger partial charge in [0.15, 0.2) is 0 Å². The molecule has 5 heteroatoms. The highest BCUT2D eigenvalue weighted by Crippen LogP contribution is 2.30. The number of aromatic nitrogens is 2. The lowest BCUT2D eigenvalue weighted by Gasteiger charge is -2.08. The molecule has 5 aromatic rings. The van der Waals surface area contributed by atoms with Gasteiger partial charge < -0.3 is 9.67 Å². The maximum absolute atomic E-state index is 11.7. The molecule has 0 unspecified atom stereocenters. The summed E-state index contributed by atoms with van der Waals surface area (Å²) < 4.78 is 2.01. The van der Waals surface area contributed by atoms with Crippen LogP contribution in [0.5, 0.6) is 0 Å². The van der Waals surface area contributed by atoms with E-state index in [1.54, 1.807) is 23.7 Å². The third-order valence-corrected chi connectivity index (χ3v) is 5.78. The van der Waals surface area contributed by atoms with Crippen LogP contribution in [0.2, 0.25) is 0 Å². The first kappa shape index (κ1) is 16.7. The molecule has 5 rings (SSSR count). The number of benzene rings is 3. The predicted octanol–water partition coefficient (Wildman–Crippen LogP) is 5.66. The summed E-state index contributed by atoms with van der Waals surface area (Å²) >= 11 is 1.57. The fraction of sp³-hybridized carbons (Fsp3) is 0.0435. The number of nitrogens with zero attached hydrogens (tertiary/aromatic N) is 2. The Kier molecular flexibility index (Phi) is 3.95. The number of fused-ring (bicyclic) bond motifs is 2. The third-order valence-electron chi connectivity index (χ3n) is 4.96. The number of hydrogen-bond acceptors (Lipinski definition) is 3. The van der Waals surface area contributed by atoms with E-state index >= 15 is 0 Å². The van der Waals surface area contributed by atoms with Gasteiger partial charge in [0.05, 0.1) is 5.56 Å². The first-order valence-corrected chi connectivity index (χ1v) is 9.81. The number of rotatable bonds is 4. The van der Waals surface area contributed by atoms with Crippen LogP contribution in [0.15, 0.2) is 78.4 Å². The molecular formula is C23H16N2O2S. The van der Waals surface area contributed by atoms with E-state index in [4.69, 9.17) is 0 Å². The van der Waals surface area contributed by atoms with Gasteiger partial charge >= 0.3 is 5.97 Å². The van der Waals surface area contributed by atoms with Crippen molar-refractivity contribution in [3.63, 3.8) is 0 Å². The summed E-state index contributed by atoms with van der Waals surface area (Å²) in [7, 11) is 0. The second kappa shape index (κ2) is 6.62. The van der Waals surface area contributed by atoms with Gasteiger partial charge in [-0.2, -0.15) is 0 Å². The first-order valence-electron chi connectivity index (χ1n) is 8.93. The Morgan fingerprint density at radius 3 is 2.68 bits per heavy atom. The normalized spacial score (nSPS) is 11.3. The molecule has 0 aliphatic rings. The van der Waals surface area contributed by atoms with Gasteiger partial charge in [0.2, 0.25) is 0 Å². The summed E-state index contributed by atoms with van der Waals surface area (Å²) in [5.41, 5.74) is 3.35. The smallest absolute Gasteiger partial charge is 0.337 e. The van der Waals surface area contributed by atoms with Crippen LogP contribution in [0, 0.1) is 0 Å². The summed E-state index contributed by atoms with van der Waals surface area (Å²) in [6.45, 7) is 0.607. The van der Waals surface area contributed by atoms with Crippen molar-refractivity contribution < 1.29 is 9.90 Å². The molecule has 28 heavy (non-hydrogen) atoms. The van der Waals surface area contributed by atoms with E-state index in [1.165, 1.54) is 10.8 Å². The van der Waals surface area contributed by atoms with Crippen molar-refractivity contribution >= 4 is 39.0 Å². The summed E-state index contributed by atoms with van der Waals surface area (Å²) in [5.74, 6) is -0.913. The average Bonchev–Trinajstić information content (AvgIpc) is 3.36. The number of carboxylic acid groups (broad SMARTS) is 1. The zero-order chi connectivity index (χ0) is 19.1. The maximum Gasteiger partial charge on any atom is 0.337 e. The van der Waals surface area contributed by atoms with Gasteiger partial charge in [-0.15, -0.1) is 11.3 Å². The van der Waals surface area contributed by atoms with Crippen LogP contribution in [0.25, 0.3) is 32.2 Å². The van der Waals surface area contributed by atoms with Crippen molar-refractivity contribution in [2.45, 2.75) is 6.54 Å². The summed E-state index contributed by atoms with van der Waals surface area (Å²) in [5, 5.41) is 15.6. The molecule has 0 saturated heterocycles. The number of carbonyl (C=O) groups is 1. The molecule has 2 aromatic heterocycles. The van der Waals surface area contributed by atoms with E-state index in [9.17, 15) is 9.90 Å². The van der Waals surface area contributed by atoms with Crippen molar-refractivity contribution in [1.29, 1.82) is 0 Å². The number of aromatic carboxylic acids is 1. The molecule has 0 fully saturated rings. The molecule has 1 N–H and O–H groups in total. The van der Waals surface area contributed by atoms with E-state index < -0.39 is 5.97 Å². The van der Waals surface area contributed by atoms with Crippen LogP contribution in [-0.2, 0) is 6.54 Å². The molecule has 136 valence electrons. The molecule has 0 bridgehead atoms. The van der Waals surface area contributed by atoms with Crippen LogP contribution in [0.3, 0.4) is 0 Å². The lowest BCUT2D eigenvalue weighted by atomic mass is 10.1. The topological polar surface area (TPSA) is 55.1 Å². The molecule has 0 atom stereocenters. The van der Waals surface area contributed by atoms with Crippen molar-refractivity contribution in [1.82, 2.24) is 9.55 Å². The summed E-state index contributed by atoms with van der Waals surface area (Å²) in [6.07, 6.45) is 3.51. The van der Waals surface area contributed by atoms with E-state index in [0.717, 1.165) is 27.0 Å². The zero-order valence-electron chi connectivity index (χ0n) is 14.9. The molecule has 3 aromatic carbocycles. The van der Waals surface area contributed by atoms with Gasteiger partial charge in [-0.25, -0.2) is 9.78 Å². The lowest BCUT2D eigenvalue weighted by Crippen LogP contribution is -1.99. The second-order valence-electron chi connectivity index (χ2n) is 6.73. The minimum atomic E-state index is -0.913. The van der Waals surface area contributed by atoms with Gasteiger partial charge in [-0.1, -0.05) is 48.5 Å². The van der Waals surface area contributed by atoms with E-state index in [-0.39, 0.29) is 0 Å². The molecule has 0 radical (unpaired) electrons. The highest BCUT2D eigenvalue weighted by atomic mass is 32.1. The van der Waals surface area contributed by atoms with Crippen molar-refractivity contribution in [3.05, 3.63) is 89.6 Å². The van der Waals surface area contributed by atoms with Crippen LogP contribution in [-0.4, -0.2) is 20.6 Å². The Hall–Kier alpha value is -3.44. The largest absolute Gasteiger partial charge is 0.478 e. The standard InChI is InChI=1S/C23H16N2O2S/c26-23(27)20-14-25(13-15-5-6-16-3-1-2-4-17(16)11-15)21-12-18(7-8-19(20)21)22-24-9-10-28-22/h1-12,14H,13H2,(H,26,27). The van der Waals surface area contributed by atoms with Crippen LogP contribution < -0.4 is 0 Å². The maximum atomic E-state index is 11.7. The third kappa shape index (κ3) is 2.86. The molecule has 0 aliphatic carbocycles. The second-order valence-corrected chi connectivity index (χ2v) is 7.62. The van der Waals surface area contributed by atoms with Crippen molar-refractivity contribution in [2.24, 2.45) is 0 Å². The molecule has 2 heterocycles. The molecule has 0 saturated carbocycles. The Morgan fingerprint density at radius 1 is 1.04 bits per heavy atom. The first-order chi connectivity index (χ1) is 13.7. The zero-order valence-corrected chi connectivity index (χ0v) is 15.7. The monoisotopic (exact) mass is 384 g/mol. The SMILES string of the molecule is O=C(O)c1cn(Cc2ccc3ccccc3c2)c2cc(-c3nccs3)ccc12. The van der Waals surface area contributed by atoms with Gasteiger partial charge in [0, 0.05) is 40.8 Å². The summed E-state index contributed by atoms with van der Waals surface area (Å²) in [6, 6.07) is 20.5. The number of thiazole rings is 1. The fourth-order valence-corrected chi connectivity index (χ4v) is 4.26. The van der Waals surface area contributed by atoms with Crippen LogP contribution in [0.1, 0.15) is 15.9 Å². The van der Waals surface area contributed by atoms with Gasteiger partial charge in [-0.05, 0) is 28.5 Å². The Labute approximate surface area is 165 Å². The minimum absolute atomic E-state index is 0.321. The van der Waals surface area contributed by atoms with E-state index in [0.29, 0.717) is 12.1 Å². The highest BCUT2D eigenvalue weighted by Gasteiger charge is 2.16. The molecule has 4 nitrogen and oxygen atoms in total. The fourth-order valence-electron chi connectivity index (χ4n) is 3.63. The van der Waals surface area contributed by atoms with Crippen molar-refractivity contribution in [3.8, 4) is 10.6 Å². The van der Waals surface area contributed by atoms with E-state index in [2.05, 4.69) is 35.3 Å². The minimum Gasteiger partial charge on any atom is -0.478 e. The van der Waals surface area contributed by atoms with Gasteiger partial charge in [0.1, 0.15) is 5.01 Å². The molecule has 0 aliphatic heterocycles. The van der Waals surface area contributed by atoms with Crippen LogP contribution >= 0.6 is 11.3 Å². The van der Waals surface area contributed by atoms with Crippen molar-refractivity contribution in [2.75, 3.05) is 0 Å². The quantitative estimate of drug-likeness (QED) is 0.435. The van der Waals surface area contributed by atoms with Gasteiger partial charge in [0.25, 0.3) is 0 Å². The van der Waals surface area contributed by atoms with E-state index in [1.807, 2.05) is 40.3 Å². The highest BCUT2D eigenvalue weighted by molar-refractivity contribution is 7.13. The van der Waals surface area contributed by atoms with Gasteiger partial charge in [-0.3, -0.25) is 0 Å². The Morgan fingerprint density at radius 2 is 1.89 bits per heavy atom. The number of hydrogen-bond donors (Lipinski definition) is 1. The lowest BCUT2D eigenvalue weighted by molar-refractivity contribution is 0.0699. The predicted molar refractivity (Wildman–Crippen MR) is 113 cm³/mol. The molecule has 0 spiro atoms. The Balaban J connectivity index is 1.64. The van der Waals surface area contributed by atoms with Crippen LogP contribution in [0.4, 0.5) is 0 Å². The molecule has 0 amide bonds. The average molecular weight is 384 g/mol. The number of carboxylic acids is 1.